The van der Waals surface area contributed by atoms with Crippen LogP contribution < -0.4 is 0 Å². The van der Waals surface area contributed by atoms with Crippen LogP contribution in [0.5, 0.6) is 0 Å². The molecule has 0 N–H and O–H groups in total. The Bertz CT molecular complexity index is 182. The van der Waals surface area contributed by atoms with Crippen LogP contribution in [0.2, 0.25) is 0 Å². The Morgan fingerprint density at radius 1 is 1.25 bits per heavy atom. The molecule has 3 rings (SSSR count). The third kappa shape index (κ3) is 1.09. The quantitative estimate of drug-likeness (QED) is 0.583. The molecular weight excluding hydrogens is 150 g/mol. The number of rotatable bonds is 1. The second-order valence-corrected chi connectivity index (χ2v) is 4.75. The van der Waals surface area contributed by atoms with E-state index in [1.807, 2.05) is 0 Å². The lowest BCUT2D eigenvalue weighted by molar-refractivity contribution is 0.151. The number of ether oxygens (including phenoxy) is 1. The van der Waals surface area contributed by atoms with Crippen molar-refractivity contribution in [3.63, 3.8) is 0 Å². The van der Waals surface area contributed by atoms with Crippen molar-refractivity contribution in [1.82, 2.24) is 4.90 Å². The van der Waals surface area contributed by atoms with Crippen LogP contribution in [-0.2, 0) is 4.74 Å². The Morgan fingerprint density at radius 3 is 2.83 bits per heavy atom. The van der Waals surface area contributed by atoms with E-state index in [4.69, 9.17) is 4.74 Å². The molecule has 0 aromatic carbocycles. The molecule has 2 heterocycles. The van der Waals surface area contributed by atoms with E-state index in [1.54, 1.807) is 0 Å². The predicted octanol–water partition coefficient (Wildman–Crippen LogP) is 1.26. The first kappa shape index (κ1) is 7.34. The zero-order valence-corrected chi connectivity index (χ0v) is 7.59. The molecule has 2 nitrogen and oxygen atoms in total. The Balaban J connectivity index is 1.68. The van der Waals surface area contributed by atoms with Gasteiger partial charge in [-0.1, -0.05) is 0 Å². The van der Waals surface area contributed by atoms with Gasteiger partial charge in [-0.2, -0.15) is 0 Å². The van der Waals surface area contributed by atoms with Gasteiger partial charge in [0.15, 0.2) is 0 Å². The van der Waals surface area contributed by atoms with Crippen LogP contribution in [0.1, 0.15) is 25.7 Å². The minimum atomic E-state index is 0.586. The van der Waals surface area contributed by atoms with Crippen LogP contribution in [0.3, 0.4) is 0 Å². The first-order valence-electron chi connectivity index (χ1n) is 5.20. The molecule has 0 aromatic rings. The van der Waals surface area contributed by atoms with Crippen LogP contribution in [0, 0.1) is 5.41 Å². The van der Waals surface area contributed by atoms with Crippen LogP contribution in [0.4, 0.5) is 0 Å². The molecule has 0 amide bonds. The number of likely N-dealkylation sites (tertiary alicyclic amines) is 1. The molecule has 0 aromatic heterocycles. The Hall–Kier alpha value is -0.0800. The summed E-state index contributed by atoms with van der Waals surface area (Å²) in [6, 6.07) is 0.963. The first-order chi connectivity index (χ1) is 5.88. The van der Waals surface area contributed by atoms with Crippen molar-refractivity contribution in [2.75, 3.05) is 26.3 Å². The topological polar surface area (TPSA) is 12.5 Å². The van der Waals surface area contributed by atoms with Gasteiger partial charge in [0, 0.05) is 24.6 Å². The van der Waals surface area contributed by atoms with Gasteiger partial charge in [0.1, 0.15) is 0 Å². The molecule has 3 aliphatic rings. The highest BCUT2D eigenvalue weighted by molar-refractivity contribution is 4.97. The Kier molecular flexibility index (Phi) is 1.50. The summed E-state index contributed by atoms with van der Waals surface area (Å²) >= 11 is 0. The molecule has 2 aliphatic heterocycles. The van der Waals surface area contributed by atoms with Crippen molar-refractivity contribution >= 4 is 0 Å². The molecular formula is C10H17NO. The van der Waals surface area contributed by atoms with E-state index in [9.17, 15) is 0 Å². The SMILES string of the molecule is C1CC2(CCN(C3CC3)C2)CO1. The second-order valence-electron chi connectivity index (χ2n) is 4.75. The molecule has 12 heavy (non-hydrogen) atoms. The molecule has 2 saturated heterocycles. The molecule has 1 unspecified atom stereocenters. The number of hydrogen-bond donors (Lipinski definition) is 0. The van der Waals surface area contributed by atoms with Crippen molar-refractivity contribution < 1.29 is 4.74 Å². The smallest absolute Gasteiger partial charge is 0.0536 e. The van der Waals surface area contributed by atoms with E-state index >= 15 is 0 Å². The molecule has 68 valence electrons. The third-order valence-electron chi connectivity index (χ3n) is 3.72. The van der Waals surface area contributed by atoms with Crippen LogP contribution in [0.15, 0.2) is 0 Å². The standard InChI is InChI=1S/C10H17NO/c1-2-9(1)11-5-3-10(7-11)4-6-12-8-10/h9H,1-8H2. The number of hydrogen-bond acceptors (Lipinski definition) is 2. The van der Waals surface area contributed by atoms with Crippen molar-refractivity contribution in [2.24, 2.45) is 5.41 Å². The van der Waals surface area contributed by atoms with Gasteiger partial charge in [0.2, 0.25) is 0 Å². The molecule has 1 aliphatic carbocycles. The molecule has 1 spiro atoms. The van der Waals surface area contributed by atoms with E-state index < -0.39 is 0 Å². The van der Waals surface area contributed by atoms with Crippen molar-refractivity contribution in [1.29, 1.82) is 0 Å². The molecule has 0 radical (unpaired) electrons. The fourth-order valence-electron chi connectivity index (χ4n) is 2.69. The van der Waals surface area contributed by atoms with Crippen LogP contribution in [0.25, 0.3) is 0 Å². The lowest BCUT2D eigenvalue weighted by Gasteiger charge is -2.21. The molecule has 1 saturated carbocycles. The van der Waals surface area contributed by atoms with Gasteiger partial charge in [0.05, 0.1) is 6.61 Å². The van der Waals surface area contributed by atoms with E-state index in [1.165, 1.54) is 38.8 Å². The van der Waals surface area contributed by atoms with Gasteiger partial charge in [-0.05, 0) is 32.2 Å². The largest absolute Gasteiger partial charge is 0.381 e. The summed E-state index contributed by atoms with van der Waals surface area (Å²) in [6.45, 7) is 4.72. The van der Waals surface area contributed by atoms with Gasteiger partial charge in [0.25, 0.3) is 0 Å². The van der Waals surface area contributed by atoms with Crippen LogP contribution >= 0.6 is 0 Å². The number of nitrogens with zero attached hydrogens (tertiary/aromatic N) is 1. The summed E-state index contributed by atoms with van der Waals surface area (Å²) in [5.74, 6) is 0. The molecule has 2 heteroatoms. The van der Waals surface area contributed by atoms with Gasteiger partial charge >= 0.3 is 0 Å². The van der Waals surface area contributed by atoms with Gasteiger partial charge in [-0.15, -0.1) is 0 Å². The lowest BCUT2D eigenvalue weighted by Crippen LogP contribution is -2.28. The summed E-state index contributed by atoms with van der Waals surface area (Å²) < 4.78 is 5.50. The fraction of sp³-hybridized carbons (Fsp3) is 1.00. The van der Waals surface area contributed by atoms with E-state index in [0.29, 0.717) is 5.41 Å². The Labute approximate surface area is 73.9 Å². The van der Waals surface area contributed by atoms with Gasteiger partial charge < -0.3 is 4.74 Å². The van der Waals surface area contributed by atoms with Gasteiger partial charge in [-0.3, -0.25) is 4.90 Å². The average molecular weight is 167 g/mol. The third-order valence-corrected chi connectivity index (χ3v) is 3.72. The average Bonchev–Trinajstić information content (AvgIpc) is 2.72. The Morgan fingerprint density at radius 2 is 2.17 bits per heavy atom. The normalized spacial score (nSPS) is 43.0. The predicted molar refractivity (Wildman–Crippen MR) is 47.1 cm³/mol. The van der Waals surface area contributed by atoms with E-state index in [-0.39, 0.29) is 0 Å². The van der Waals surface area contributed by atoms with Crippen LogP contribution in [-0.4, -0.2) is 37.2 Å². The molecule has 1 atom stereocenters. The lowest BCUT2D eigenvalue weighted by atomic mass is 9.87. The highest BCUT2D eigenvalue weighted by Crippen LogP contribution is 2.42. The maximum Gasteiger partial charge on any atom is 0.0536 e. The highest BCUT2D eigenvalue weighted by Gasteiger charge is 2.44. The zero-order chi connectivity index (χ0) is 8.02. The summed E-state index contributed by atoms with van der Waals surface area (Å²) in [5, 5.41) is 0. The zero-order valence-electron chi connectivity index (χ0n) is 7.59. The van der Waals surface area contributed by atoms with E-state index in [0.717, 1.165) is 19.3 Å². The first-order valence-corrected chi connectivity index (χ1v) is 5.20. The van der Waals surface area contributed by atoms with Crippen molar-refractivity contribution in [2.45, 2.75) is 31.7 Å². The van der Waals surface area contributed by atoms with Gasteiger partial charge in [-0.25, -0.2) is 0 Å². The fourth-order valence-corrected chi connectivity index (χ4v) is 2.69. The summed E-state index contributed by atoms with van der Waals surface area (Å²) in [7, 11) is 0. The summed E-state index contributed by atoms with van der Waals surface area (Å²) in [5.41, 5.74) is 0.586. The summed E-state index contributed by atoms with van der Waals surface area (Å²) in [4.78, 5) is 2.69. The highest BCUT2D eigenvalue weighted by atomic mass is 16.5. The summed E-state index contributed by atoms with van der Waals surface area (Å²) in [6.07, 6.45) is 5.62. The monoisotopic (exact) mass is 167 g/mol. The van der Waals surface area contributed by atoms with Crippen molar-refractivity contribution in [3.05, 3.63) is 0 Å². The maximum atomic E-state index is 5.50. The second kappa shape index (κ2) is 2.46. The molecule has 0 bridgehead atoms. The minimum Gasteiger partial charge on any atom is -0.381 e. The minimum absolute atomic E-state index is 0.586. The van der Waals surface area contributed by atoms with Crippen molar-refractivity contribution in [3.8, 4) is 0 Å². The molecule has 3 fully saturated rings. The maximum absolute atomic E-state index is 5.50. The van der Waals surface area contributed by atoms with E-state index in [2.05, 4.69) is 4.90 Å².